The molecule has 2 aliphatic heterocycles. The Labute approximate surface area is 73.1 Å². The van der Waals surface area contributed by atoms with Crippen molar-refractivity contribution < 1.29 is 4.39 Å². The number of alkyl halides is 1. The number of hydrogen-bond donors (Lipinski definition) is 1. The van der Waals surface area contributed by atoms with Crippen LogP contribution in [0.4, 0.5) is 4.39 Å². The Morgan fingerprint density at radius 2 is 1.92 bits per heavy atom. The van der Waals surface area contributed by atoms with E-state index in [0.717, 1.165) is 32.2 Å². The quantitative estimate of drug-likeness (QED) is 0.657. The van der Waals surface area contributed by atoms with E-state index < -0.39 is 0 Å². The summed E-state index contributed by atoms with van der Waals surface area (Å²) in [4.78, 5) is 2.44. The first-order chi connectivity index (χ1) is 5.90. The van der Waals surface area contributed by atoms with Gasteiger partial charge in [0.05, 0.1) is 6.67 Å². The van der Waals surface area contributed by atoms with Crippen molar-refractivity contribution in [1.82, 2.24) is 10.2 Å². The molecule has 3 heteroatoms. The largest absolute Gasteiger partial charge is 0.317 e. The third-order valence-corrected chi connectivity index (χ3v) is 3.03. The Kier molecular flexibility index (Phi) is 2.61. The van der Waals surface area contributed by atoms with Gasteiger partial charge in [-0.3, -0.25) is 9.29 Å². The summed E-state index contributed by atoms with van der Waals surface area (Å²) in [5.74, 6) is 0.347. The lowest BCUT2D eigenvalue weighted by Gasteiger charge is -2.44. The van der Waals surface area contributed by atoms with Crippen LogP contribution in [0.2, 0.25) is 0 Å². The van der Waals surface area contributed by atoms with Crippen molar-refractivity contribution in [1.29, 1.82) is 0 Å². The maximum Gasteiger partial charge on any atom is 0.0947 e. The molecule has 0 aromatic rings. The number of nitrogens with zero attached hydrogens (tertiary/aromatic N) is 1. The van der Waals surface area contributed by atoms with Gasteiger partial charge in [0.1, 0.15) is 0 Å². The van der Waals surface area contributed by atoms with Crippen LogP contribution in [0.1, 0.15) is 12.8 Å². The van der Waals surface area contributed by atoms with E-state index in [4.69, 9.17) is 0 Å². The van der Waals surface area contributed by atoms with E-state index in [-0.39, 0.29) is 6.67 Å². The summed E-state index contributed by atoms with van der Waals surface area (Å²) >= 11 is 0. The molecule has 2 heterocycles. The van der Waals surface area contributed by atoms with Crippen LogP contribution in [0.5, 0.6) is 0 Å². The first kappa shape index (κ1) is 8.45. The highest BCUT2D eigenvalue weighted by atomic mass is 19.1. The van der Waals surface area contributed by atoms with Crippen molar-refractivity contribution in [3.8, 4) is 0 Å². The maximum atomic E-state index is 12.1. The van der Waals surface area contributed by atoms with Gasteiger partial charge >= 0.3 is 0 Å². The molecule has 1 N–H and O–H groups in total. The molecular formula is C9H17FN2. The average molecular weight is 172 g/mol. The van der Waals surface area contributed by atoms with Crippen molar-refractivity contribution in [2.45, 2.75) is 18.9 Å². The third-order valence-electron chi connectivity index (χ3n) is 3.03. The fourth-order valence-corrected chi connectivity index (χ4v) is 2.18. The molecule has 12 heavy (non-hydrogen) atoms. The summed E-state index contributed by atoms with van der Waals surface area (Å²) in [6.45, 7) is 4.16. The number of piperidine rings is 1. The molecule has 0 aliphatic carbocycles. The Morgan fingerprint density at radius 1 is 1.25 bits per heavy atom. The molecule has 2 fully saturated rings. The minimum Gasteiger partial charge on any atom is -0.317 e. The van der Waals surface area contributed by atoms with Crippen LogP contribution in [-0.4, -0.2) is 43.8 Å². The van der Waals surface area contributed by atoms with Crippen molar-refractivity contribution >= 4 is 0 Å². The summed E-state index contributed by atoms with van der Waals surface area (Å²) in [7, 11) is 0. The van der Waals surface area contributed by atoms with Gasteiger partial charge in [0, 0.05) is 25.0 Å². The van der Waals surface area contributed by atoms with Crippen LogP contribution in [-0.2, 0) is 0 Å². The lowest BCUT2D eigenvalue weighted by Crippen LogP contribution is -2.55. The van der Waals surface area contributed by atoms with Gasteiger partial charge in [-0.15, -0.1) is 0 Å². The van der Waals surface area contributed by atoms with E-state index in [0.29, 0.717) is 5.92 Å². The molecule has 0 aromatic heterocycles. The predicted octanol–water partition coefficient (Wildman–Crippen LogP) is 0.640. The first-order valence-electron chi connectivity index (χ1n) is 4.91. The zero-order valence-electron chi connectivity index (χ0n) is 7.43. The summed E-state index contributed by atoms with van der Waals surface area (Å²) in [5, 5.41) is 3.34. The molecule has 2 nitrogen and oxygen atoms in total. The van der Waals surface area contributed by atoms with Crippen LogP contribution in [0.25, 0.3) is 0 Å². The standard InChI is InChI=1S/C9H17FN2/c10-5-8-6-12(7-8)9-1-3-11-4-2-9/h8-9,11H,1-7H2. The molecule has 0 aromatic carbocycles. The SMILES string of the molecule is FCC1CN(C2CCNCC2)C1. The molecule has 2 rings (SSSR count). The number of likely N-dealkylation sites (tertiary alicyclic amines) is 1. The molecular weight excluding hydrogens is 155 g/mol. The van der Waals surface area contributed by atoms with Crippen molar-refractivity contribution in [3.63, 3.8) is 0 Å². The van der Waals surface area contributed by atoms with Gasteiger partial charge in [-0.25, -0.2) is 0 Å². The van der Waals surface area contributed by atoms with E-state index >= 15 is 0 Å². The number of hydrogen-bond acceptors (Lipinski definition) is 2. The van der Waals surface area contributed by atoms with E-state index in [1.807, 2.05) is 0 Å². The Balaban J connectivity index is 1.72. The fourth-order valence-electron chi connectivity index (χ4n) is 2.18. The van der Waals surface area contributed by atoms with Crippen molar-refractivity contribution in [2.24, 2.45) is 5.92 Å². The summed E-state index contributed by atoms with van der Waals surface area (Å²) in [6.07, 6.45) is 2.50. The minimum absolute atomic E-state index is 0.124. The molecule has 0 spiro atoms. The fraction of sp³-hybridized carbons (Fsp3) is 1.00. The van der Waals surface area contributed by atoms with Gasteiger partial charge in [-0.05, 0) is 25.9 Å². The van der Waals surface area contributed by atoms with Gasteiger partial charge in [0.25, 0.3) is 0 Å². The predicted molar refractivity (Wildman–Crippen MR) is 46.9 cm³/mol. The highest BCUT2D eigenvalue weighted by Gasteiger charge is 2.32. The second-order valence-corrected chi connectivity index (χ2v) is 3.96. The Hall–Kier alpha value is -0.150. The van der Waals surface area contributed by atoms with Gasteiger partial charge in [-0.1, -0.05) is 0 Å². The second-order valence-electron chi connectivity index (χ2n) is 3.96. The molecule has 0 radical (unpaired) electrons. The van der Waals surface area contributed by atoms with Gasteiger partial charge in [-0.2, -0.15) is 0 Å². The van der Waals surface area contributed by atoms with Gasteiger partial charge in [0.15, 0.2) is 0 Å². The molecule has 2 saturated heterocycles. The molecule has 2 aliphatic rings. The lowest BCUT2D eigenvalue weighted by atomic mass is 9.95. The van der Waals surface area contributed by atoms with E-state index in [2.05, 4.69) is 10.2 Å². The maximum absolute atomic E-state index is 12.1. The molecule has 0 saturated carbocycles. The number of halogens is 1. The zero-order valence-corrected chi connectivity index (χ0v) is 7.43. The normalized spacial score (nSPS) is 28.8. The Morgan fingerprint density at radius 3 is 2.50 bits per heavy atom. The van der Waals surface area contributed by atoms with Crippen LogP contribution < -0.4 is 5.32 Å². The van der Waals surface area contributed by atoms with E-state index in [9.17, 15) is 4.39 Å². The van der Waals surface area contributed by atoms with E-state index in [1.165, 1.54) is 12.8 Å². The number of nitrogens with one attached hydrogen (secondary N) is 1. The van der Waals surface area contributed by atoms with Crippen molar-refractivity contribution in [3.05, 3.63) is 0 Å². The average Bonchev–Trinajstić information content (AvgIpc) is 2.04. The summed E-state index contributed by atoms with van der Waals surface area (Å²) in [5.41, 5.74) is 0. The summed E-state index contributed by atoms with van der Waals surface area (Å²) in [6, 6.07) is 0.744. The first-order valence-corrected chi connectivity index (χ1v) is 4.91. The smallest absolute Gasteiger partial charge is 0.0947 e. The molecule has 0 unspecified atom stereocenters. The lowest BCUT2D eigenvalue weighted by molar-refractivity contribution is 0.0266. The molecule has 0 amide bonds. The van der Waals surface area contributed by atoms with Crippen LogP contribution in [0, 0.1) is 5.92 Å². The van der Waals surface area contributed by atoms with Crippen molar-refractivity contribution in [2.75, 3.05) is 32.9 Å². The molecule has 0 bridgehead atoms. The van der Waals surface area contributed by atoms with Crippen LogP contribution in [0.15, 0.2) is 0 Å². The highest BCUT2D eigenvalue weighted by Crippen LogP contribution is 2.23. The second kappa shape index (κ2) is 3.71. The molecule has 70 valence electrons. The van der Waals surface area contributed by atoms with Crippen LogP contribution in [0.3, 0.4) is 0 Å². The topological polar surface area (TPSA) is 15.3 Å². The highest BCUT2D eigenvalue weighted by molar-refractivity contribution is 4.87. The van der Waals surface area contributed by atoms with Gasteiger partial charge < -0.3 is 5.32 Å². The number of rotatable bonds is 2. The van der Waals surface area contributed by atoms with Gasteiger partial charge in [0.2, 0.25) is 0 Å². The van der Waals surface area contributed by atoms with E-state index in [1.54, 1.807) is 0 Å². The Bertz CT molecular complexity index is 139. The van der Waals surface area contributed by atoms with Crippen LogP contribution >= 0.6 is 0 Å². The monoisotopic (exact) mass is 172 g/mol. The summed E-state index contributed by atoms with van der Waals surface area (Å²) < 4.78 is 12.1. The zero-order chi connectivity index (χ0) is 8.39. The minimum atomic E-state index is -0.124. The third kappa shape index (κ3) is 1.62. The molecule has 0 atom stereocenters.